The van der Waals surface area contributed by atoms with E-state index in [0.29, 0.717) is 31.1 Å². The van der Waals surface area contributed by atoms with Gasteiger partial charge in [-0.15, -0.1) is 0 Å². The van der Waals surface area contributed by atoms with Crippen LogP contribution < -0.4 is 0 Å². The lowest BCUT2D eigenvalue weighted by atomic mass is 9.96. The van der Waals surface area contributed by atoms with Crippen LogP contribution in [0.15, 0.2) is 4.52 Å². The highest BCUT2D eigenvalue weighted by Crippen LogP contribution is 2.18. The van der Waals surface area contributed by atoms with E-state index in [1.165, 1.54) is 4.90 Å². The molecular formula is C12H21N3O3. The number of aliphatic hydroxyl groups is 1. The number of hydrogen-bond donors (Lipinski definition) is 1. The zero-order chi connectivity index (χ0) is 13.8. The molecule has 6 nitrogen and oxygen atoms in total. The van der Waals surface area contributed by atoms with Crippen molar-refractivity contribution >= 4 is 5.91 Å². The van der Waals surface area contributed by atoms with Crippen LogP contribution >= 0.6 is 0 Å². The van der Waals surface area contributed by atoms with E-state index in [2.05, 4.69) is 10.1 Å². The van der Waals surface area contributed by atoms with Crippen molar-refractivity contribution in [1.82, 2.24) is 15.0 Å². The molecule has 0 unspecified atom stereocenters. The van der Waals surface area contributed by atoms with Crippen molar-refractivity contribution < 1.29 is 14.4 Å². The zero-order valence-electron chi connectivity index (χ0n) is 11.4. The number of nitrogens with zero attached hydrogens (tertiary/aromatic N) is 3. The Bertz CT molecular complexity index is 396. The van der Waals surface area contributed by atoms with Crippen molar-refractivity contribution in [3.8, 4) is 0 Å². The Morgan fingerprint density at radius 2 is 2.11 bits per heavy atom. The molecule has 0 aliphatic heterocycles. The van der Waals surface area contributed by atoms with Gasteiger partial charge in [-0.05, 0) is 0 Å². The van der Waals surface area contributed by atoms with Gasteiger partial charge in [0.2, 0.25) is 11.8 Å². The summed E-state index contributed by atoms with van der Waals surface area (Å²) >= 11 is 0. The van der Waals surface area contributed by atoms with Crippen LogP contribution in [0.2, 0.25) is 0 Å². The molecule has 0 saturated carbocycles. The Morgan fingerprint density at radius 3 is 2.61 bits per heavy atom. The van der Waals surface area contributed by atoms with Crippen LogP contribution in [0, 0.1) is 0 Å². The van der Waals surface area contributed by atoms with Gasteiger partial charge in [-0.25, -0.2) is 0 Å². The van der Waals surface area contributed by atoms with Crippen molar-refractivity contribution in [2.75, 3.05) is 20.2 Å². The minimum atomic E-state index is -0.153. The molecule has 18 heavy (non-hydrogen) atoms. The maximum Gasteiger partial charge on any atom is 0.227 e. The standard InChI is InChI=1S/C12H21N3O3/c1-12(2,3)11-13-9(18-14-11)5-6-10(17)15(4)7-8-16/h16H,5-8H2,1-4H3. The van der Waals surface area contributed by atoms with E-state index in [1.54, 1.807) is 7.05 Å². The summed E-state index contributed by atoms with van der Waals surface area (Å²) in [5, 5.41) is 12.6. The number of hydrogen-bond acceptors (Lipinski definition) is 5. The van der Waals surface area contributed by atoms with E-state index < -0.39 is 0 Å². The monoisotopic (exact) mass is 255 g/mol. The summed E-state index contributed by atoms with van der Waals surface area (Å²) in [6, 6.07) is 0. The lowest BCUT2D eigenvalue weighted by Crippen LogP contribution is -2.29. The van der Waals surface area contributed by atoms with Crippen LogP contribution in [0.4, 0.5) is 0 Å². The number of rotatable bonds is 5. The SMILES string of the molecule is CN(CCO)C(=O)CCc1nc(C(C)(C)C)no1. The second-order valence-corrected chi connectivity index (χ2v) is 5.30. The molecule has 1 aromatic rings. The van der Waals surface area contributed by atoms with Gasteiger partial charge in [0.15, 0.2) is 5.82 Å². The quantitative estimate of drug-likeness (QED) is 0.840. The van der Waals surface area contributed by atoms with Crippen LogP contribution in [-0.4, -0.2) is 46.3 Å². The molecule has 0 saturated heterocycles. The average molecular weight is 255 g/mol. The smallest absolute Gasteiger partial charge is 0.227 e. The fourth-order valence-electron chi connectivity index (χ4n) is 1.34. The number of aromatic nitrogens is 2. The number of aliphatic hydroxyl groups excluding tert-OH is 1. The molecular weight excluding hydrogens is 234 g/mol. The van der Waals surface area contributed by atoms with E-state index >= 15 is 0 Å². The molecule has 1 amide bonds. The highest BCUT2D eigenvalue weighted by Gasteiger charge is 2.21. The number of carbonyl (C=O) groups excluding carboxylic acids is 1. The summed E-state index contributed by atoms with van der Waals surface area (Å²) < 4.78 is 5.10. The van der Waals surface area contributed by atoms with E-state index in [4.69, 9.17) is 9.63 Å². The van der Waals surface area contributed by atoms with E-state index in [-0.39, 0.29) is 17.9 Å². The highest BCUT2D eigenvalue weighted by molar-refractivity contribution is 5.75. The predicted octanol–water partition coefficient (Wildman–Crippen LogP) is 0.750. The first-order valence-electron chi connectivity index (χ1n) is 6.02. The van der Waals surface area contributed by atoms with Gasteiger partial charge in [-0.2, -0.15) is 4.98 Å². The third-order valence-corrected chi connectivity index (χ3v) is 2.55. The third kappa shape index (κ3) is 4.10. The van der Waals surface area contributed by atoms with E-state index in [0.717, 1.165) is 0 Å². The minimum absolute atomic E-state index is 0.0308. The molecule has 1 N–H and O–H groups in total. The first kappa shape index (κ1) is 14.6. The molecule has 0 aliphatic carbocycles. The fourth-order valence-corrected chi connectivity index (χ4v) is 1.34. The Labute approximate surface area is 107 Å². The summed E-state index contributed by atoms with van der Waals surface area (Å²) in [7, 11) is 1.66. The van der Waals surface area contributed by atoms with Crippen LogP contribution in [0.1, 0.15) is 38.9 Å². The van der Waals surface area contributed by atoms with Gasteiger partial charge in [0.05, 0.1) is 6.61 Å². The largest absolute Gasteiger partial charge is 0.395 e. The van der Waals surface area contributed by atoms with Crippen LogP contribution in [0.3, 0.4) is 0 Å². The maximum atomic E-state index is 11.6. The summed E-state index contributed by atoms with van der Waals surface area (Å²) in [5.74, 6) is 1.08. The van der Waals surface area contributed by atoms with Crippen molar-refractivity contribution in [3.05, 3.63) is 11.7 Å². The molecule has 102 valence electrons. The topological polar surface area (TPSA) is 79.5 Å². The van der Waals surface area contributed by atoms with E-state index in [1.807, 2.05) is 20.8 Å². The number of carbonyl (C=O) groups is 1. The van der Waals surface area contributed by atoms with Gasteiger partial charge in [0.1, 0.15) is 0 Å². The summed E-state index contributed by atoms with van der Waals surface area (Å²) in [4.78, 5) is 17.4. The van der Waals surface area contributed by atoms with Crippen molar-refractivity contribution in [2.24, 2.45) is 0 Å². The van der Waals surface area contributed by atoms with Gasteiger partial charge in [0, 0.05) is 31.8 Å². The predicted molar refractivity (Wildman–Crippen MR) is 66.0 cm³/mol. The number of likely N-dealkylation sites (N-methyl/N-ethyl adjacent to an activating group) is 1. The Morgan fingerprint density at radius 1 is 1.44 bits per heavy atom. The molecule has 1 aromatic heterocycles. The molecule has 0 fully saturated rings. The lowest BCUT2D eigenvalue weighted by Gasteiger charge is -2.14. The third-order valence-electron chi connectivity index (χ3n) is 2.55. The molecule has 0 aromatic carbocycles. The number of aryl methyl sites for hydroxylation is 1. The van der Waals surface area contributed by atoms with Gasteiger partial charge in [0.25, 0.3) is 0 Å². The van der Waals surface area contributed by atoms with Crippen LogP contribution in [0.25, 0.3) is 0 Å². The second kappa shape index (κ2) is 5.95. The van der Waals surface area contributed by atoms with Gasteiger partial charge >= 0.3 is 0 Å². The molecule has 0 radical (unpaired) electrons. The second-order valence-electron chi connectivity index (χ2n) is 5.30. The van der Waals surface area contributed by atoms with Crippen molar-refractivity contribution in [3.63, 3.8) is 0 Å². The molecule has 0 bridgehead atoms. The lowest BCUT2D eigenvalue weighted by molar-refractivity contribution is -0.130. The fraction of sp³-hybridized carbons (Fsp3) is 0.750. The first-order chi connectivity index (χ1) is 8.34. The summed E-state index contributed by atoms with van der Waals surface area (Å²) in [6.45, 7) is 6.32. The first-order valence-corrected chi connectivity index (χ1v) is 6.02. The van der Waals surface area contributed by atoms with Crippen LogP contribution in [0.5, 0.6) is 0 Å². The normalized spacial score (nSPS) is 11.6. The van der Waals surface area contributed by atoms with Gasteiger partial charge < -0.3 is 14.5 Å². The van der Waals surface area contributed by atoms with Crippen molar-refractivity contribution in [1.29, 1.82) is 0 Å². The zero-order valence-corrected chi connectivity index (χ0v) is 11.4. The van der Waals surface area contributed by atoms with Crippen LogP contribution in [-0.2, 0) is 16.6 Å². The Balaban J connectivity index is 2.49. The summed E-state index contributed by atoms with van der Waals surface area (Å²) in [5.41, 5.74) is -0.153. The molecule has 1 rings (SSSR count). The van der Waals surface area contributed by atoms with E-state index in [9.17, 15) is 4.79 Å². The number of amides is 1. The summed E-state index contributed by atoms with van der Waals surface area (Å²) in [6.07, 6.45) is 0.736. The highest BCUT2D eigenvalue weighted by atomic mass is 16.5. The Hall–Kier alpha value is -1.43. The average Bonchev–Trinajstić information content (AvgIpc) is 2.74. The maximum absolute atomic E-state index is 11.6. The van der Waals surface area contributed by atoms with Gasteiger partial charge in [-0.1, -0.05) is 25.9 Å². The van der Waals surface area contributed by atoms with Crippen molar-refractivity contribution in [2.45, 2.75) is 39.0 Å². The van der Waals surface area contributed by atoms with Gasteiger partial charge in [-0.3, -0.25) is 4.79 Å². The molecule has 0 spiro atoms. The Kier molecular flexibility index (Phi) is 4.84. The molecule has 0 atom stereocenters. The molecule has 0 aliphatic rings. The minimum Gasteiger partial charge on any atom is -0.395 e. The molecule has 1 heterocycles. The molecule has 6 heteroatoms.